The van der Waals surface area contributed by atoms with Gasteiger partial charge in [0.05, 0.1) is 7.11 Å². The van der Waals surface area contributed by atoms with Crippen LogP contribution < -0.4 is 10.5 Å². The van der Waals surface area contributed by atoms with E-state index in [1.54, 1.807) is 37.8 Å². The zero-order chi connectivity index (χ0) is 13.7. The van der Waals surface area contributed by atoms with E-state index in [4.69, 9.17) is 10.5 Å². The van der Waals surface area contributed by atoms with E-state index in [1.165, 1.54) is 0 Å². The van der Waals surface area contributed by atoms with Gasteiger partial charge in [-0.05, 0) is 11.6 Å². The SMILES string of the molecule is COc1ccc(CC(=O)Cc2cnccc2N)cn1. The van der Waals surface area contributed by atoms with Crippen LogP contribution in [0.5, 0.6) is 5.88 Å². The molecule has 0 bridgehead atoms. The first-order chi connectivity index (χ1) is 9.19. The fourth-order valence-corrected chi connectivity index (χ4v) is 1.72. The van der Waals surface area contributed by atoms with Gasteiger partial charge in [0.2, 0.25) is 5.88 Å². The van der Waals surface area contributed by atoms with Crippen LogP contribution in [-0.4, -0.2) is 22.9 Å². The lowest BCUT2D eigenvalue weighted by Gasteiger charge is -2.04. The Labute approximate surface area is 111 Å². The Hall–Kier alpha value is -2.43. The Morgan fingerprint density at radius 3 is 2.74 bits per heavy atom. The standard InChI is InChI=1S/C14H15N3O2/c1-19-14-3-2-10(8-17-14)6-12(18)7-11-9-16-5-4-13(11)15/h2-5,8-9H,6-7H2,1H3,(H2,15,16). The second-order valence-electron chi connectivity index (χ2n) is 4.18. The number of anilines is 1. The van der Waals surface area contributed by atoms with Gasteiger partial charge in [-0.15, -0.1) is 0 Å². The predicted octanol–water partition coefficient (Wildman–Crippen LogP) is 1.42. The molecular weight excluding hydrogens is 242 g/mol. The van der Waals surface area contributed by atoms with Gasteiger partial charge in [-0.25, -0.2) is 4.98 Å². The minimum atomic E-state index is 0.0756. The normalized spacial score (nSPS) is 10.2. The lowest BCUT2D eigenvalue weighted by atomic mass is 10.0. The van der Waals surface area contributed by atoms with Crippen LogP contribution in [0.4, 0.5) is 5.69 Å². The van der Waals surface area contributed by atoms with Gasteiger partial charge in [0, 0.05) is 48.7 Å². The fourth-order valence-electron chi connectivity index (χ4n) is 1.72. The molecule has 2 heterocycles. The molecule has 19 heavy (non-hydrogen) atoms. The number of hydrogen-bond donors (Lipinski definition) is 1. The van der Waals surface area contributed by atoms with Crippen LogP contribution in [0.1, 0.15) is 11.1 Å². The van der Waals surface area contributed by atoms with E-state index in [2.05, 4.69) is 9.97 Å². The van der Waals surface area contributed by atoms with Crippen molar-refractivity contribution in [1.29, 1.82) is 0 Å². The number of aromatic nitrogens is 2. The van der Waals surface area contributed by atoms with Crippen molar-refractivity contribution in [3.63, 3.8) is 0 Å². The molecule has 2 aromatic rings. The molecule has 0 saturated carbocycles. The van der Waals surface area contributed by atoms with Crippen LogP contribution in [0.2, 0.25) is 0 Å². The number of rotatable bonds is 5. The van der Waals surface area contributed by atoms with Gasteiger partial charge in [-0.1, -0.05) is 6.07 Å². The summed E-state index contributed by atoms with van der Waals surface area (Å²) in [4.78, 5) is 20.0. The van der Waals surface area contributed by atoms with Crippen molar-refractivity contribution in [2.24, 2.45) is 0 Å². The third kappa shape index (κ3) is 3.51. The molecular formula is C14H15N3O2. The van der Waals surface area contributed by atoms with Crippen molar-refractivity contribution in [2.75, 3.05) is 12.8 Å². The number of Topliss-reactive ketones (excluding diaryl/α,β-unsaturated/α-hetero) is 1. The summed E-state index contributed by atoms with van der Waals surface area (Å²) in [6.45, 7) is 0. The second kappa shape index (κ2) is 5.95. The highest BCUT2D eigenvalue weighted by molar-refractivity contribution is 5.84. The topological polar surface area (TPSA) is 78.1 Å². The van der Waals surface area contributed by atoms with Gasteiger partial charge in [-0.3, -0.25) is 9.78 Å². The number of carbonyl (C=O) groups is 1. The van der Waals surface area contributed by atoms with Gasteiger partial charge >= 0.3 is 0 Å². The molecule has 0 aliphatic rings. The molecule has 5 nitrogen and oxygen atoms in total. The summed E-state index contributed by atoms with van der Waals surface area (Å²) >= 11 is 0. The van der Waals surface area contributed by atoms with Gasteiger partial charge in [0.15, 0.2) is 0 Å². The van der Waals surface area contributed by atoms with E-state index in [0.717, 1.165) is 11.1 Å². The minimum absolute atomic E-state index is 0.0756. The molecule has 0 spiro atoms. The average molecular weight is 257 g/mol. The maximum atomic E-state index is 11.9. The number of pyridine rings is 2. The smallest absolute Gasteiger partial charge is 0.212 e. The van der Waals surface area contributed by atoms with Crippen LogP contribution in [0, 0.1) is 0 Å². The summed E-state index contributed by atoms with van der Waals surface area (Å²) in [6.07, 6.45) is 5.48. The molecule has 0 aliphatic carbocycles. The average Bonchev–Trinajstić information content (AvgIpc) is 2.42. The van der Waals surface area contributed by atoms with Crippen LogP contribution in [0.3, 0.4) is 0 Å². The first-order valence-corrected chi connectivity index (χ1v) is 5.88. The molecule has 2 N–H and O–H groups in total. The molecule has 0 amide bonds. The highest BCUT2D eigenvalue weighted by atomic mass is 16.5. The summed E-state index contributed by atoms with van der Waals surface area (Å²) < 4.78 is 4.96. The van der Waals surface area contributed by atoms with E-state index in [0.29, 0.717) is 18.0 Å². The Balaban J connectivity index is 1.99. The number of nitrogen functional groups attached to an aromatic ring is 1. The van der Waals surface area contributed by atoms with E-state index in [-0.39, 0.29) is 12.2 Å². The third-order valence-electron chi connectivity index (χ3n) is 2.74. The third-order valence-corrected chi connectivity index (χ3v) is 2.74. The number of nitrogens with zero attached hydrogens (tertiary/aromatic N) is 2. The summed E-state index contributed by atoms with van der Waals surface area (Å²) in [6, 6.07) is 5.26. The Morgan fingerprint density at radius 1 is 1.26 bits per heavy atom. The molecule has 98 valence electrons. The second-order valence-corrected chi connectivity index (χ2v) is 4.18. The molecule has 2 rings (SSSR count). The summed E-state index contributed by atoms with van der Waals surface area (Å²) in [5.74, 6) is 0.611. The highest BCUT2D eigenvalue weighted by Crippen LogP contribution is 2.12. The summed E-state index contributed by atoms with van der Waals surface area (Å²) in [7, 11) is 1.55. The molecule has 2 aromatic heterocycles. The number of ketones is 1. The van der Waals surface area contributed by atoms with Crippen molar-refractivity contribution < 1.29 is 9.53 Å². The quantitative estimate of drug-likeness (QED) is 0.876. The lowest BCUT2D eigenvalue weighted by molar-refractivity contribution is -0.117. The van der Waals surface area contributed by atoms with Crippen molar-refractivity contribution in [2.45, 2.75) is 12.8 Å². The summed E-state index contributed by atoms with van der Waals surface area (Å²) in [5, 5.41) is 0. The maximum absolute atomic E-state index is 11.9. The predicted molar refractivity (Wildman–Crippen MR) is 71.9 cm³/mol. The number of hydrogen-bond acceptors (Lipinski definition) is 5. The first-order valence-electron chi connectivity index (χ1n) is 5.88. The van der Waals surface area contributed by atoms with E-state index >= 15 is 0 Å². The van der Waals surface area contributed by atoms with Crippen LogP contribution in [0.25, 0.3) is 0 Å². The molecule has 0 fully saturated rings. The number of nitrogens with two attached hydrogens (primary N) is 1. The van der Waals surface area contributed by atoms with Crippen molar-refractivity contribution in [3.8, 4) is 5.88 Å². The zero-order valence-corrected chi connectivity index (χ0v) is 10.7. The van der Waals surface area contributed by atoms with Gasteiger partial charge < -0.3 is 10.5 Å². The molecule has 0 aliphatic heterocycles. The highest BCUT2D eigenvalue weighted by Gasteiger charge is 2.08. The molecule has 0 radical (unpaired) electrons. The first kappa shape index (κ1) is 13.0. The van der Waals surface area contributed by atoms with Crippen LogP contribution >= 0.6 is 0 Å². The van der Waals surface area contributed by atoms with Gasteiger partial charge in [0.1, 0.15) is 5.78 Å². The number of carbonyl (C=O) groups excluding carboxylic acids is 1. The Morgan fingerprint density at radius 2 is 2.11 bits per heavy atom. The molecule has 0 atom stereocenters. The molecule has 0 aromatic carbocycles. The summed E-state index contributed by atoms with van der Waals surface area (Å²) in [5.41, 5.74) is 7.99. The monoisotopic (exact) mass is 257 g/mol. The fraction of sp³-hybridized carbons (Fsp3) is 0.214. The molecule has 0 unspecified atom stereocenters. The Bertz CT molecular complexity index is 567. The van der Waals surface area contributed by atoms with Crippen molar-refractivity contribution in [3.05, 3.63) is 47.9 Å². The lowest BCUT2D eigenvalue weighted by Crippen LogP contribution is -2.09. The van der Waals surface area contributed by atoms with E-state index < -0.39 is 0 Å². The molecule has 0 saturated heterocycles. The largest absolute Gasteiger partial charge is 0.481 e. The molecule has 5 heteroatoms. The maximum Gasteiger partial charge on any atom is 0.212 e. The van der Waals surface area contributed by atoms with E-state index in [1.807, 2.05) is 6.07 Å². The van der Waals surface area contributed by atoms with E-state index in [9.17, 15) is 4.79 Å². The van der Waals surface area contributed by atoms with Crippen molar-refractivity contribution >= 4 is 11.5 Å². The minimum Gasteiger partial charge on any atom is -0.481 e. The van der Waals surface area contributed by atoms with Gasteiger partial charge in [0.25, 0.3) is 0 Å². The number of methoxy groups -OCH3 is 1. The van der Waals surface area contributed by atoms with Gasteiger partial charge in [-0.2, -0.15) is 0 Å². The van der Waals surface area contributed by atoms with Crippen molar-refractivity contribution in [1.82, 2.24) is 9.97 Å². The van der Waals surface area contributed by atoms with Crippen LogP contribution in [-0.2, 0) is 17.6 Å². The Kier molecular flexibility index (Phi) is 4.07. The van der Waals surface area contributed by atoms with Crippen LogP contribution in [0.15, 0.2) is 36.8 Å². The zero-order valence-electron chi connectivity index (χ0n) is 10.7. The number of ether oxygens (including phenoxy) is 1.